The first kappa shape index (κ1) is 17.4. The van der Waals surface area contributed by atoms with Gasteiger partial charge in [0.05, 0.1) is 10.7 Å². The number of nitrogens with one attached hydrogen (secondary N) is 1. The minimum absolute atomic E-state index is 0.205. The van der Waals surface area contributed by atoms with Crippen LogP contribution in [0.15, 0.2) is 41.5 Å². The van der Waals surface area contributed by atoms with Crippen molar-refractivity contribution in [2.24, 2.45) is 5.10 Å². The summed E-state index contributed by atoms with van der Waals surface area (Å²) in [5.74, 6) is 1.30. The Morgan fingerprint density at radius 3 is 2.80 bits per heavy atom. The van der Waals surface area contributed by atoms with Crippen LogP contribution in [0.1, 0.15) is 12.5 Å². The van der Waals surface area contributed by atoms with Crippen molar-refractivity contribution in [2.45, 2.75) is 6.92 Å². The van der Waals surface area contributed by atoms with E-state index in [1.54, 1.807) is 31.2 Å². The molecule has 0 fully saturated rings. The molecule has 3 rings (SSSR count). The highest BCUT2D eigenvalue weighted by molar-refractivity contribution is 6.35. The Kier molecular flexibility index (Phi) is 5.31. The van der Waals surface area contributed by atoms with Crippen molar-refractivity contribution in [3.63, 3.8) is 0 Å². The molecular weight excluding hydrogens is 367 g/mol. The quantitative estimate of drug-likeness (QED) is 0.634. The van der Waals surface area contributed by atoms with Gasteiger partial charge in [0.2, 0.25) is 6.79 Å². The van der Waals surface area contributed by atoms with E-state index in [-0.39, 0.29) is 13.4 Å². The average molecular weight is 381 g/mol. The number of benzene rings is 2. The van der Waals surface area contributed by atoms with Gasteiger partial charge in [-0.05, 0) is 43.3 Å². The van der Waals surface area contributed by atoms with E-state index in [9.17, 15) is 4.79 Å². The molecule has 25 heavy (non-hydrogen) atoms. The second-order valence-electron chi connectivity index (χ2n) is 5.16. The second-order valence-corrected chi connectivity index (χ2v) is 6.01. The number of hydrogen-bond acceptors (Lipinski definition) is 5. The molecule has 0 saturated heterocycles. The van der Waals surface area contributed by atoms with Crippen LogP contribution in [0.2, 0.25) is 10.0 Å². The fourth-order valence-electron chi connectivity index (χ4n) is 2.10. The van der Waals surface area contributed by atoms with Gasteiger partial charge in [-0.25, -0.2) is 5.43 Å². The van der Waals surface area contributed by atoms with Gasteiger partial charge in [-0.3, -0.25) is 4.79 Å². The van der Waals surface area contributed by atoms with Crippen LogP contribution in [0.25, 0.3) is 0 Å². The highest BCUT2D eigenvalue weighted by Crippen LogP contribution is 2.32. The second kappa shape index (κ2) is 7.63. The van der Waals surface area contributed by atoms with Crippen molar-refractivity contribution in [1.82, 2.24) is 5.43 Å². The Hall–Kier alpha value is -2.44. The largest absolute Gasteiger partial charge is 0.482 e. The average Bonchev–Trinajstić information content (AvgIpc) is 3.06. The van der Waals surface area contributed by atoms with Crippen molar-refractivity contribution in [2.75, 3.05) is 13.4 Å². The topological polar surface area (TPSA) is 69.2 Å². The molecule has 130 valence electrons. The van der Waals surface area contributed by atoms with Crippen LogP contribution < -0.4 is 19.6 Å². The van der Waals surface area contributed by atoms with E-state index in [2.05, 4.69) is 10.5 Å². The molecule has 2 aromatic carbocycles. The monoisotopic (exact) mass is 380 g/mol. The zero-order chi connectivity index (χ0) is 17.8. The molecule has 6 nitrogen and oxygen atoms in total. The van der Waals surface area contributed by atoms with Crippen LogP contribution in [-0.4, -0.2) is 25.0 Å². The van der Waals surface area contributed by atoms with Gasteiger partial charge in [0, 0.05) is 10.6 Å². The molecule has 1 amide bonds. The molecule has 0 aliphatic carbocycles. The van der Waals surface area contributed by atoms with Gasteiger partial charge >= 0.3 is 0 Å². The third kappa shape index (κ3) is 4.35. The molecule has 8 heteroatoms. The first-order valence-corrected chi connectivity index (χ1v) is 8.09. The first-order valence-electron chi connectivity index (χ1n) is 7.34. The molecular formula is C17H14Cl2N2O4. The van der Waals surface area contributed by atoms with Crippen molar-refractivity contribution in [3.05, 3.63) is 52.0 Å². The van der Waals surface area contributed by atoms with E-state index in [0.717, 1.165) is 5.56 Å². The zero-order valence-corrected chi connectivity index (χ0v) is 14.7. The normalized spacial score (nSPS) is 12.8. The minimum Gasteiger partial charge on any atom is -0.482 e. The molecule has 1 heterocycles. The molecule has 1 aliphatic rings. The van der Waals surface area contributed by atoms with Gasteiger partial charge in [-0.2, -0.15) is 5.10 Å². The number of rotatable bonds is 5. The maximum atomic E-state index is 11.9. The molecule has 0 saturated carbocycles. The molecule has 0 aromatic heterocycles. The summed E-state index contributed by atoms with van der Waals surface area (Å²) < 4.78 is 15.9. The third-order valence-electron chi connectivity index (χ3n) is 3.39. The molecule has 0 atom stereocenters. The maximum absolute atomic E-state index is 11.9. The van der Waals surface area contributed by atoms with Crippen LogP contribution in [0.4, 0.5) is 0 Å². The lowest BCUT2D eigenvalue weighted by molar-refractivity contribution is -0.123. The number of halogens is 2. The Bertz CT molecular complexity index is 839. The van der Waals surface area contributed by atoms with E-state index >= 15 is 0 Å². The molecule has 0 bridgehead atoms. The molecule has 1 N–H and O–H groups in total. The number of hydrazone groups is 1. The highest BCUT2D eigenvalue weighted by atomic mass is 35.5. The van der Waals surface area contributed by atoms with Crippen molar-refractivity contribution in [3.8, 4) is 17.2 Å². The maximum Gasteiger partial charge on any atom is 0.277 e. The fraction of sp³-hybridized carbons (Fsp3) is 0.176. The number of carbonyl (C=O) groups excluding carboxylic acids is 1. The van der Waals surface area contributed by atoms with E-state index in [0.29, 0.717) is 33.0 Å². The summed E-state index contributed by atoms with van der Waals surface area (Å²) in [6.07, 6.45) is 0. The summed E-state index contributed by atoms with van der Waals surface area (Å²) in [6.45, 7) is 1.75. The molecule has 1 aliphatic heterocycles. The van der Waals surface area contributed by atoms with E-state index < -0.39 is 5.91 Å². The predicted octanol–water partition coefficient (Wildman–Crippen LogP) is 3.64. The van der Waals surface area contributed by atoms with Crippen molar-refractivity contribution in [1.29, 1.82) is 0 Å². The predicted molar refractivity (Wildman–Crippen MR) is 94.9 cm³/mol. The van der Waals surface area contributed by atoms with E-state index in [1.807, 2.05) is 6.07 Å². The number of fused-ring (bicyclic) bond motifs is 1. The first-order chi connectivity index (χ1) is 12.0. The van der Waals surface area contributed by atoms with Crippen LogP contribution >= 0.6 is 23.2 Å². The number of amides is 1. The molecule has 0 radical (unpaired) electrons. The lowest BCUT2D eigenvalue weighted by atomic mass is 10.1. The zero-order valence-electron chi connectivity index (χ0n) is 13.2. The summed E-state index contributed by atoms with van der Waals surface area (Å²) in [5, 5.41) is 4.88. The van der Waals surface area contributed by atoms with E-state index in [4.69, 9.17) is 37.4 Å². The van der Waals surface area contributed by atoms with Gasteiger partial charge in [0.15, 0.2) is 18.1 Å². The SMILES string of the molecule is C/C(=N/NC(=O)COc1ccc(Cl)cc1Cl)c1ccc2c(c1)OCO2. The van der Waals surface area contributed by atoms with Crippen molar-refractivity contribution >= 4 is 34.8 Å². The van der Waals surface area contributed by atoms with Crippen LogP contribution in [-0.2, 0) is 4.79 Å². The number of carbonyl (C=O) groups is 1. The van der Waals surface area contributed by atoms with Gasteiger partial charge in [0.1, 0.15) is 5.75 Å². The smallest absolute Gasteiger partial charge is 0.277 e. The van der Waals surface area contributed by atoms with Crippen LogP contribution in [0, 0.1) is 0 Å². The fourth-order valence-corrected chi connectivity index (χ4v) is 2.56. The number of nitrogens with zero attached hydrogens (tertiary/aromatic N) is 1. The Morgan fingerprint density at radius 1 is 1.20 bits per heavy atom. The van der Waals surface area contributed by atoms with Crippen molar-refractivity contribution < 1.29 is 19.0 Å². The molecule has 0 unspecified atom stereocenters. The third-order valence-corrected chi connectivity index (χ3v) is 3.92. The summed E-state index contributed by atoms with van der Waals surface area (Å²) in [7, 11) is 0. The van der Waals surface area contributed by atoms with Crippen LogP contribution in [0.5, 0.6) is 17.2 Å². The van der Waals surface area contributed by atoms with Gasteiger partial charge in [-0.15, -0.1) is 0 Å². The minimum atomic E-state index is -0.411. The Labute approximate surface area is 154 Å². The van der Waals surface area contributed by atoms with Gasteiger partial charge < -0.3 is 14.2 Å². The summed E-state index contributed by atoms with van der Waals surface area (Å²) in [6, 6.07) is 10.2. The van der Waals surface area contributed by atoms with Gasteiger partial charge in [0.25, 0.3) is 5.91 Å². The summed E-state index contributed by atoms with van der Waals surface area (Å²) >= 11 is 11.8. The number of ether oxygens (including phenoxy) is 3. The lowest BCUT2D eigenvalue weighted by Crippen LogP contribution is -2.25. The Morgan fingerprint density at radius 2 is 2.00 bits per heavy atom. The highest BCUT2D eigenvalue weighted by Gasteiger charge is 2.14. The van der Waals surface area contributed by atoms with Gasteiger partial charge in [-0.1, -0.05) is 23.2 Å². The lowest BCUT2D eigenvalue weighted by Gasteiger charge is -2.08. The van der Waals surface area contributed by atoms with E-state index in [1.165, 1.54) is 6.07 Å². The summed E-state index contributed by atoms with van der Waals surface area (Å²) in [4.78, 5) is 11.9. The Balaban J connectivity index is 1.56. The van der Waals surface area contributed by atoms with Crippen LogP contribution in [0.3, 0.4) is 0 Å². The summed E-state index contributed by atoms with van der Waals surface area (Å²) in [5.41, 5.74) is 3.87. The number of hydrogen-bond donors (Lipinski definition) is 1. The molecule has 0 spiro atoms. The standard InChI is InChI=1S/C17H14Cl2N2O4/c1-10(11-2-4-15-16(6-11)25-9-24-15)20-21-17(22)8-23-14-5-3-12(18)7-13(14)19/h2-7H,8-9H2,1H3,(H,21,22)/b20-10-. The molecule has 2 aromatic rings.